The predicted molar refractivity (Wildman–Crippen MR) is 88.0 cm³/mol. The predicted octanol–water partition coefficient (Wildman–Crippen LogP) is 3.33. The van der Waals surface area contributed by atoms with Gasteiger partial charge in [-0.3, -0.25) is 0 Å². The molecule has 0 spiro atoms. The van der Waals surface area contributed by atoms with Crippen LogP contribution in [0.2, 0.25) is 0 Å². The summed E-state index contributed by atoms with van der Waals surface area (Å²) in [6.45, 7) is 5.28. The molecule has 1 aromatic carbocycles. The number of benzene rings is 1. The van der Waals surface area contributed by atoms with Crippen molar-refractivity contribution in [2.24, 2.45) is 5.73 Å². The van der Waals surface area contributed by atoms with Gasteiger partial charge in [0.05, 0.1) is 6.04 Å². The van der Waals surface area contributed by atoms with Gasteiger partial charge in [0.2, 0.25) is 0 Å². The number of hydrazine groups is 1. The first kappa shape index (κ1) is 15.0. The minimum absolute atomic E-state index is 0.228. The highest BCUT2D eigenvalue weighted by Crippen LogP contribution is 2.40. The van der Waals surface area contributed by atoms with Crippen LogP contribution in [0.5, 0.6) is 0 Å². The Hall–Kier alpha value is -0.900. The van der Waals surface area contributed by atoms with Gasteiger partial charge in [-0.05, 0) is 56.6 Å². The Kier molecular flexibility index (Phi) is 4.63. The third-order valence-electron chi connectivity index (χ3n) is 5.10. The Labute approximate surface area is 128 Å². The minimum atomic E-state index is 0.228. The number of piperidine rings is 1. The van der Waals surface area contributed by atoms with Crippen molar-refractivity contribution in [1.29, 1.82) is 0 Å². The van der Waals surface area contributed by atoms with Gasteiger partial charge in [0.25, 0.3) is 0 Å². The molecule has 2 aliphatic rings. The van der Waals surface area contributed by atoms with Gasteiger partial charge in [-0.15, -0.1) is 0 Å². The zero-order chi connectivity index (χ0) is 14.8. The highest BCUT2D eigenvalue weighted by atomic mass is 15.5. The molecular weight excluding hydrogens is 258 g/mol. The van der Waals surface area contributed by atoms with Crippen molar-refractivity contribution < 1.29 is 0 Å². The van der Waals surface area contributed by atoms with Gasteiger partial charge in [0.15, 0.2) is 0 Å². The fourth-order valence-electron chi connectivity index (χ4n) is 3.57. The number of rotatable bonds is 5. The van der Waals surface area contributed by atoms with E-state index in [0.29, 0.717) is 18.6 Å². The summed E-state index contributed by atoms with van der Waals surface area (Å²) >= 11 is 0. The maximum absolute atomic E-state index is 6.07. The molecule has 3 atom stereocenters. The molecule has 1 aliphatic heterocycles. The molecule has 21 heavy (non-hydrogen) atoms. The monoisotopic (exact) mass is 287 g/mol. The van der Waals surface area contributed by atoms with Crippen LogP contribution >= 0.6 is 0 Å². The second-order valence-corrected chi connectivity index (χ2v) is 6.90. The van der Waals surface area contributed by atoms with Crippen molar-refractivity contribution in [3.63, 3.8) is 0 Å². The van der Waals surface area contributed by atoms with E-state index in [1.54, 1.807) is 0 Å². The number of nitrogens with zero attached hydrogens (tertiary/aromatic N) is 1. The third kappa shape index (κ3) is 3.47. The molecule has 1 saturated carbocycles. The van der Waals surface area contributed by atoms with Crippen LogP contribution in [0.25, 0.3) is 0 Å². The summed E-state index contributed by atoms with van der Waals surface area (Å²) in [7, 11) is 0. The molecule has 1 aliphatic carbocycles. The topological polar surface area (TPSA) is 41.3 Å². The largest absolute Gasteiger partial charge is 0.329 e. The third-order valence-corrected chi connectivity index (χ3v) is 5.10. The molecule has 1 saturated heterocycles. The number of nitrogens with two attached hydrogens (primary N) is 1. The Morgan fingerprint density at radius 3 is 2.52 bits per heavy atom. The summed E-state index contributed by atoms with van der Waals surface area (Å²) in [4.78, 5) is 0. The average molecular weight is 287 g/mol. The van der Waals surface area contributed by atoms with Gasteiger partial charge in [0.1, 0.15) is 0 Å². The molecule has 0 aromatic heterocycles. The lowest BCUT2D eigenvalue weighted by Crippen LogP contribution is -2.54. The van der Waals surface area contributed by atoms with E-state index in [0.717, 1.165) is 5.92 Å². The zero-order valence-corrected chi connectivity index (χ0v) is 13.4. The van der Waals surface area contributed by atoms with E-state index in [-0.39, 0.29) is 6.04 Å². The first-order valence-corrected chi connectivity index (χ1v) is 8.53. The number of nitrogens with one attached hydrogen (secondary N) is 1. The van der Waals surface area contributed by atoms with E-state index in [4.69, 9.17) is 5.73 Å². The van der Waals surface area contributed by atoms with Crippen molar-refractivity contribution in [2.75, 3.05) is 6.54 Å². The Bertz CT molecular complexity index is 459. The Morgan fingerprint density at radius 2 is 1.90 bits per heavy atom. The van der Waals surface area contributed by atoms with Crippen molar-refractivity contribution in [2.45, 2.75) is 70.0 Å². The normalized spacial score (nSPS) is 28.5. The van der Waals surface area contributed by atoms with E-state index in [9.17, 15) is 0 Å². The van der Waals surface area contributed by atoms with Crippen molar-refractivity contribution in [1.82, 2.24) is 10.4 Å². The molecule has 3 unspecified atom stereocenters. The second-order valence-electron chi connectivity index (χ2n) is 6.90. The fourth-order valence-corrected chi connectivity index (χ4v) is 3.57. The van der Waals surface area contributed by atoms with Gasteiger partial charge < -0.3 is 5.73 Å². The van der Waals surface area contributed by atoms with E-state index >= 15 is 0 Å². The van der Waals surface area contributed by atoms with Crippen LogP contribution < -0.4 is 11.2 Å². The van der Waals surface area contributed by atoms with Crippen LogP contribution in [0.1, 0.15) is 69.0 Å². The van der Waals surface area contributed by atoms with E-state index < -0.39 is 0 Å². The lowest BCUT2D eigenvalue weighted by molar-refractivity contribution is 0.0304. The van der Waals surface area contributed by atoms with Crippen LogP contribution in [-0.2, 0) is 0 Å². The Balaban J connectivity index is 1.73. The molecule has 0 radical (unpaired) electrons. The van der Waals surface area contributed by atoms with Gasteiger partial charge in [-0.1, -0.05) is 30.7 Å². The highest BCUT2D eigenvalue weighted by molar-refractivity contribution is 5.31. The summed E-state index contributed by atoms with van der Waals surface area (Å²) in [5.74, 6) is 0.802. The van der Waals surface area contributed by atoms with E-state index in [1.807, 2.05) is 0 Å². The van der Waals surface area contributed by atoms with Crippen LogP contribution in [0, 0.1) is 0 Å². The molecule has 1 heterocycles. The summed E-state index contributed by atoms with van der Waals surface area (Å²) in [5.41, 5.74) is 12.6. The van der Waals surface area contributed by atoms with Crippen LogP contribution in [0.15, 0.2) is 24.3 Å². The molecule has 0 bridgehead atoms. The first-order valence-electron chi connectivity index (χ1n) is 8.53. The number of hydrogen-bond acceptors (Lipinski definition) is 3. The molecule has 0 amide bonds. The molecule has 3 N–H and O–H groups in total. The molecular formula is C18H29N3. The fraction of sp³-hybridized carbons (Fsp3) is 0.667. The summed E-state index contributed by atoms with van der Waals surface area (Å²) in [5, 5.41) is 2.44. The van der Waals surface area contributed by atoms with Crippen LogP contribution in [0.4, 0.5) is 0 Å². The molecule has 3 heteroatoms. The van der Waals surface area contributed by atoms with E-state index in [1.165, 1.54) is 43.2 Å². The second kappa shape index (κ2) is 6.47. The molecule has 3 nitrogen and oxygen atoms in total. The summed E-state index contributed by atoms with van der Waals surface area (Å²) in [6.07, 6.45) is 6.59. The van der Waals surface area contributed by atoms with Crippen LogP contribution in [0.3, 0.4) is 0 Å². The smallest absolute Gasteiger partial charge is 0.0587 e. The zero-order valence-electron chi connectivity index (χ0n) is 13.4. The van der Waals surface area contributed by atoms with Crippen LogP contribution in [-0.4, -0.2) is 23.6 Å². The van der Waals surface area contributed by atoms with Gasteiger partial charge in [-0.25, -0.2) is 10.4 Å². The SMILES string of the molecule is CC1CCCC(C)N1NC(CN)c1cccc(C2CC2)c1. The van der Waals surface area contributed by atoms with Crippen molar-refractivity contribution in [3.8, 4) is 0 Å². The molecule has 1 aromatic rings. The van der Waals surface area contributed by atoms with Gasteiger partial charge in [0, 0.05) is 18.6 Å². The minimum Gasteiger partial charge on any atom is -0.329 e. The lowest BCUT2D eigenvalue weighted by atomic mass is 9.98. The maximum Gasteiger partial charge on any atom is 0.0587 e. The lowest BCUT2D eigenvalue weighted by Gasteiger charge is -2.41. The van der Waals surface area contributed by atoms with Crippen molar-refractivity contribution in [3.05, 3.63) is 35.4 Å². The summed E-state index contributed by atoms with van der Waals surface area (Å²) < 4.78 is 0. The summed E-state index contributed by atoms with van der Waals surface area (Å²) in [6, 6.07) is 10.4. The Morgan fingerprint density at radius 1 is 1.19 bits per heavy atom. The maximum atomic E-state index is 6.07. The van der Waals surface area contributed by atoms with E-state index in [2.05, 4.69) is 48.5 Å². The van der Waals surface area contributed by atoms with Gasteiger partial charge >= 0.3 is 0 Å². The quantitative estimate of drug-likeness (QED) is 0.873. The van der Waals surface area contributed by atoms with Crippen molar-refractivity contribution >= 4 is 0 Å². The average Bonchev–Trinajstić information content (AvgIpc) is 3.32. The van der Waals surface area contributed by atoms with Gasteiger partial charge in [-0.2, -0.15) is 0 Å². The first-order chi connectivity index (χ1) is 10.2. The highest BCUT2D eigenvalue weighted by Gasteiger charge is 2.28. The standard InChI is InChI=1S/C18H29N3/c1-13-5-3-6-14(2)21(13)20-18(12-19)17-8-4-7-16(11-17)15-9-10-15/h4,7-8,11,13-15,18,20H,3,5-6,9-10,12,19H2,1-2H3. The molecule has 2 fully saturated rings. The number of hydrogen-bond donors (Lipinski definition) is 2. The molecule has 116 valence electrons. The molecule has 3 rings (SSSR count).